The van der Waals surface area contributed by atoms with E-state index in [0.29, 0.717) is 6.04 Å². The normalized spacial score (nSPS) is 41.1. The van der Waals surface area contributed by atoms with Crippen LogP contribution >= 0.6 is 11.8 Å². The molecule has 2 fully saturated rings. The van der Waals surface area contributed by atoms with Gasteiger partial charge in [-0.25, -0.2) is 0 Å². The van der Waals surface area contributed by atoms with Crippen LogP contribution in [-0.2, 0) is 0 Å². The first-order valence-corrected chi connectivity index (χ1v) is 6.99. The molecule has 3 heteroatoms. The van der Waals surface area contributed by atoms with E-state index in [1.54, 1.807) is 0 Å². The van der Waals surface area contributed by atoms with Gasteiger partial charge in [0.25, 0.3) is 0 Å². The van der Waals surface area contributed by atoms with E-state index >= 15 is 0 Å². The van der Waals surface area contributed by atoms with Gasteiger partial charge in [0.05, 0.1) is 0 Å². The van der Waals surface area contributed by atoms with Gasteiger partial charge in [-0.15, -0.1) is 0 Å². The van der Waals surface area contributed by atoms with Gasteiger partial charge in [0.2, 0.25) is 0 Å². The smallest absolute Gasteiger partial charge is 0.0197 e. The lowest BCUT2D eigenvalue weighted by molar-refractivity contribution is 0.156. The first kappa shape index (κ1) is 10.8. The summed E-state index contributed by atoms with van der Waals surface area (Å²) in [5.74, 6) is 2.73. The van der Waals surface area contributed by atoms with Crippen LogP contribution in [0, 0.1) is 0 Å². The van der Waals surface area contributed by atoms with E-state index in [1.165, 1.54) is 37.4 Å². The molecule has 0 aliphatic carbocycles. The molecule has 0 radical (unpaired) electrons. The highest BCUT2D eigenvalue weighted by molar-refractivity contribution is 7.99. The van der Waals surface area contributed by atoms with Gasteiger partial charge >= 0.3 is 0 Å². The van der Waals surface area contributed by atoms with E-state index in [4.69, 9.17) is 0 Å². The minimum Gasteiger partial charge on any atom is -0.313 e. The molecule has 2 aliphatic heterocycles. The number of rotatable bonds is 1. The quantitative estimate of drug-likeness (QED) is 0.713. The van der Waals surface area contributed by atoms with E-state index in [9.17, 15) is 0 Å². The summed E-state index contributed by atoms with van der Waals surface area (Å²) in [7, 11) is 0. The molecule has 2 rings (SSSR count). The Balaban J connectivity index is 1.97. The van der Waals surface area contributed by atoms with Crippen LogP contribution in [0.1, 0.15) is 26.7 Å². The molecule has 3 unspecified atom stereocenters. The Bertz CT molecular complexity index is 180. The van der Waals surface area contributed by atoms with Crippen molar-refractivity contribution in [3.05, 3.63) is 0 Å². The average molecular weight is 214 g/mol. The summed E-state index contributed by atoms with van der Waals surface area (Å²) < 4.78 is 0. The maximum absolute atomic E-state index is 3.58. The average Bonchev–Trinajstić information content (AvgIpc) is 2.61. The monoisotopic (exact) mass is 214 g/mol. The van der Waals surface area contributed by atoms with E-state index in [-0.39, 0.29) is 0 Å². The molecule has 82 valence electrons. The zero-order valence-electron chi connectivity index (χ0n) is 9.33. The van der Waals surface area contributed by atoms with Gasteiger partial charge in [0.15, 0.2) is 0 Å². The lowest BCUT2D eigenvalue weighted by Crippen LogP contribution is -2.45. The second-order valence-corrected chi connectivity index (χ2v) is 5.86. The first-order valence-electron chi connectivity index (χ1n) is 5.84. The number of nitrogens with zero attached hydrogens (tertiary/aromatic N) is 1. The van der Waals surface area contributed by atoms with Gasteiger partial charge < -0.3 is 5.32 Å². The topological polar surface area (TPSA) is 15.3 Å². The van der Waals surface area contributed by atoms with Gasteiger partial charge in [-0.05, 0) is 39.0 Å². The van der Waals surface area contributed by atoms with Crippen LogP contribution in [0.3, 0.4) is 0 Å². The van der Waals surface area contributed by atoms with Crippen molar-refractivity contribution < 1.29 is 0 Å². The molecule has 0 bridgehead atoms. The van der Waals surface area contributed by atoms with Gasteiger partial charge in [-0.3, -0.25) is 4.90 Å². The second-order valence-electron chi connectivity index (χ2n) is 4.71. The predicted molar refractivity (Wildman–Crippen MR) is 64.0 cm³/mol. The Morgan fingerprint density at radius 1 is 1.29 bits per heavy atom. The zero-order chi connectivity index (χ0) is 9.97. The highest BCUT2D eigenvalue weighted by Gasteiger charge is 2.29. The minimum atomic E-state index is 0.672. The summed E-state index contributed by atoms with van der Waals surface area (Å²) in [4.78, 5) is 2.74. The number of hydrogen-bond acceptors (Lipinski definition) is 3. The molecule has 0 spiro atoms. The third-order valence-electron chi connectivity index (χ3n) is 3.48. The summed E-state index contributed by atoms with van der Waals surface area (Å²) >= 11 is 2.12. The Morgan fingerprint density at radius 3 is 2.86 bits per heavy atom. The van der Waals surface area contributed by atoms with Crippen LogP contribution in [0.15, 0.2) is 0 Å². The van der Waals surface area contributed by atoms with Gasteiger partial charge in [0, 0.05) is 30.4 Å². The standard InChI is InChI=1S/C11H22N2S/c1-9-7-13(10(2)3-5-12-9)11-4-6-14-8-11/h9-12H,3-8H2,1-2H3. The highest BCUT2D eigenvalue weighted by atomic mass is 32.2. The molecular formula is C11H22N2S. The molecule has 0 saturated carbocycles. The van der Waals surface area contributed by atoms with Gasteiger partial charge in [0.1, 0.15) is 0 Å². The van der Waals surface area contributed by atoms with Crippen molar-refractivity contribution in [1.82, 2.24) is 10.2 Å². The molecule has 1 N–H and O–H groups in total. The summed E-state index contributed by atoms with van der Waals surface area (Å²) in [6, 6.07) is 2.30. The van der Waals surface area contributed by atoms with E-state index in [0.717, 1.165) is 12.1 Å². The van der Waals surface area contributed by atoms with Crippen LogP contribution in [-0.4, -0.2) is 47.6 Å². The van der Waals surface area contributed by atoms with Crippen LogP contribution in [0.4, 0.5) is 0 Å². The van der Waals surface area contributed by atoms with Crippen molar-refractivity contribution in [2.24, 2.45) is 0 Å². The molecule has 0 aromatic carbocycles. The van der Waals surface area contributed by atoms with E-state index in [2.05, 4.69) is 35.8 Å². The molecule has 2 heterocycles. The molecular weight excluding hydrogens is 192 g/mol. The Morgan fingerprint density at radius 2 is 2.14 bits per heavy atom. The largest absolute Gasteiger partial charge is 0.313 e. The van der Waals surface area contributed by atoms with Gasteiger partial charge in [-0.1, -0.05) is 0 Å². The van der Waals surface area contributed by atoms with E-state index < -0.39 is 0 Å². The molecule has 0 aromatic heterocycles. The van der Waals surface area contributed by atoms with Crippen molar-refractivity contribution >= 4 is 11.8 Å². The molecule has 0 aromatic rings. The molecule has 3 atom stereocenters. The Labute approximate surface area is 91.8 Å². The summed E-state index contributed by atoms with van der Waals surface area (Å²) in [5, 5.41) is 3.58. The second kappa shape index (κ2) is 4.86. The Hall–Kier alpha value is 0.270. The summed E-state index contributed by atoms with van der Waals surface area (Å²) in [6.07, 6.45) is 2.72. The lowest BCUT2D eigenvalue weighted by atomic mass is 10.1. The van der Waals surface area contributed by atoms with Crippen LogP contribution in [0.2, 0.25) is 0 Å². The van der Waals surface area contributed by atoms with Crippen molar-refractivity contribution in [2.75, 3.05) is 24.6 Å². The number of nitrogens with one attached hydrogen (secondary N) is 1. The minimum absolute atomic E-state index is 0.672. The van der Waals surface area contributed by atoms with Crippen molar-refractivity contribution in [1.29, 1.82) is 0 Å². The van der Waals surface area contributed by atoms with Crippen LogP contribution in [0.25, 0.3) is 0 Å². The maximum atomic E-state index is 3.58. The van der Waals surface area contributed by atoms with E-state index in [1.807, 2.05) is 0 Å². The highest BCUT2D eigenvalue weighted by Crippen LogP contribution is 2.25. The molecule has 14 heavy (non-hydrogen) atoms. The number of thioether (sulfide) groups is 1. The first-order chi connectivity index (χ1) is 6.77. The Kier molecular flexibility index (Phi) is 3.74. The van der Waals surface area contributed by atoms with Crippen molar-refractivity contribution in [2.45, 2.75) is 44.8 Å². The lowest BCUT2D eigenvalue weighted by Gasteiger charge is -2.33. The van der Waals surface area contributed by atoms with Gasteiger partial charge in [-0.2, -0.15) is 11.8 Å². The fourth-order valence-electron chi connectivity index (χ4n) is 2.56. The molecule has 2 saturated heterocycles. The molecule has 2 aliphatic rings. The molecule has 0 amide bonds. The summed E-state index contributed by atoms with van der Waals surface area (Å²) in [6.45, 7) is 7.14. The maximum Gasteiger partial charge on any atom is 0.0197 e. The molecule has 2 nitrogen and oxygen atoms in total. The number of hydrogen-bond donors (Lipinski definition) is 1. The summed E-state index contributed by atoms with van der Waals surface area (Å²) in [5.41, 5.74) is 0. The van der Waals surface area contributed by atoms with Crippen molar-refractivity contribution in [3.63, 3.8) is 0 Å². The third kappa shape index (κ3) is 2.44. The van der Waals surface area contributed by atoms with Crippen LogP contribution < -0.4 is 5.32 Å². The third-order valence-corrected chi connectivity index (χ3v) is 4.63. The SMILES string of the molecule is CC1CN(C2CCSC2)C(C)CCN1. The fraction of sp³-hybridized carbons (Fsp3) is 1.00. The fourth-order valence-corrected chi connectivity index (χ4v) is 3.79. The van der Waals surface area contributed by atoms with Crippen LogP contribution in [0.5, 0.6) is 0 Å². The predicted octanol–water partition coefficient (Wildman–Crippen LogP) is 1.56. The van der Waals surface area contributed by atoms with Crippen molar-refractivity contribution in [3.8, 4) is 0 Å². The zero-order valence-corrected chi connectivity index (χ0v) is 10.1.